The van der Waals surface area contributed by atoms with Crippen LogP contribution in [0.3, 0.4) is 0 Å². The molecule has 4 rings (SSSR count). The summed E-state index contributed by atoms with van der Waals surface area (Å²) in [7, 11) is 0. The highest BCUT2D eigenvalue weighted by atomic mass is 32.2. The van der Waals surface area contributed by atoms with Crippen molar-refractivity contribution in [1.29, 1.82) is 0 Å². The summed E-state index contributed by atoms with van der Waals surface area (Å²) in [6.07, 6.45) is 11.3. The van der Waals surface area contributed by atoms with E-state index in [0.717, 1.165) is 49.0 Å². The van der Waals surface area contributed by atoms with E-state index < -0.39 is 0 Å². The third kappa shape index (κ3) is 4.08. The molecule has 2 fully saturated rings. The Bertz CT molecular complexity index is 802. The van der Waals surface area contributed by atoms with E-state index in [2.05, 4.69) is 19.9 Å². The Morgan fingerprint density at radius 3 is 2.81 bits per heavy atom. The number of pyridine rings is 1. The highest BCUT2D eigenvalue weighted by Crippen LogP contribution is 2.40. The lowest BCUT2D eigenvalue weighted by atomic mass is 9.73. The topological polar surface area (TPSA) is 62.2 Å². The maximum Gasteiger partial charge on any atom is 0.222 e. The molecule has 4 heterocycles. The average Bonchev–Trinajstić information content (AvgIpc) is 2.72. The van der Waals surface area contributed by atoms with Gasteiger partial charge >= 0.3 is 0 Å². The standard InChI is InChI=1S/C20H25N5OS/c1-27-19-22-11-6-17(23-19)24-12-2-7-20(14-24)8-3-18(26)25(15-20)13-16-4-9-21-10-5-16/h4-6,9-11H,2-3,7-8,12-15H2,1H3/t20-/m1/s1. The average molecular weight is 384 g/mol. The third-order valence-corrected chi connectivity index (χ3v) is 6.22. The van der Waals surface area contributed by atoms with Crippen molar-refractivity contribution >= 4 is 23.5 Å². The smallest absolute Gasteiger partial charge is 0.222 e. The van der Waals surface area contributed by atoms with Crippen LogP contribution in [-0.2, 0) is 11.3 Å². The first-order valence-corrected chi connectivity index (χ1v) is 10.7. The van der Waals surface area contributed by atoms with Crippen molar-refractivity contribution in [3.8, 4) is 0 Å². The van der Waals surface area contributed by atoms with Crippen molar-refractivity contribution in [2.45, 2.75) is 37.4 Å². The number of rotatable bonds is 4. The number of piperidine rings is 2. The van der Waals surface area contributed by atoms with Crippen molar-refractivity contribution in [3.05, 3.63) is 42.4 Å². The molecule has 6 nitrogen and oxygen atoms in total. The number of anilines is 1. The van der Waals surface area contributed by atoms with Crippen LogP contribution in [0, 0.1) is 5.41 Å². The van der Waals surface area contributed by atoms with Crippen molar-refractivity contribution in [3.63, 3.8) is 0 Å². The molecule has 1 atom stereocenters. The van der Waals surface area contributed by atoms with Crippen molar-refractivity contribution in [2.24, 2.45) is 5.41 Å². The summed E-state index contributed by atoms with van der Waals surface area (Å²) in [5.74, 6) is 1.27. The Balaban J connectivity index is 1.50. The molecule has 27 heavy (non-hydrogen) atoms. The van der Waals surface area contributed by atoms with Gasteiger partial charge < -0.3 is 9.80 Å². The second-order valence-corrected chi connectivity index (χ2v) is 8.31. The summed E-state index contributed by atoms with van der Waals surface area (Å²) in [6.45, 7) is 3.47. The number of likely N-dealkylation sites (tertiary alicyclic amines) is 1. The van der Waals surface area contributed by atoms with E-state index in [4.69, 9.17) is 0 Å². The molecule has 142 valence electrons. The molecule has 2 aliphatic rings. The lowest BCUT2D eigenvalue weighted by Crippen LogP contribution is -2.54. The van der Waals surface area contributed by atoms with Gasteiger partial charge in [0.15, 0.2) is 5.16 Å². The van der Waals surface area contributed by atoms with Crippen LogP contribution < -0.4 is 4.90 Å². The Labute approximate surface area is 164 Å². The van der Waals surface area contributed by atoms with E-state index in [-0.39, 0.29) is 11.3 Å². The van der Waals surface area contributed by atoms with Gasteiger partial charge in [-0.05, 0) is 49.3 Å². The Morgan fingerprint density at radius 1 is 1.15 bits per heavy atom. The summed E-state index contributed by atoms with van der Waals surface area (Å²) in [4.78, 5) is 30.0. The highest BCUT2D eigenvalue weighted by Gasteiger charge is 2.42. The van der Waals surface area contributed by atoms with Crippen LogP contribution in [0.2, 0.25) is 0 Å². The van der Waals surface area contributed by atoms with E-state index in [1.807, 2.05) is 35.6 Å². The number of aromatic nitrogens is 3. The molecule has 0 radical (unpaired) electrons. The maximum atomic E-state index is 12.5. The zero-order chi connectivity index (χ0) is 18.7. The molecule has 0 aromatic carbocycles. The van der Waals surface area contributed by atoms with Crippen LogP contribution in [0.1, 0.15) is 31.2 Å². The molecule has 0 N–H and O–H groups in total. The van der Waals surface area contributed by atoms with Crippen molar-refractivity contribution in [2.75, 3.05) is 30.8 Å². The van der Waals surface area contributed by atoms with Gasteiger partial charge in [-0.1, -0.05) is 11.8 Å². The van der Waals surface area contributed by atoms with Gasteiger partial charge in [0.25, 0.3) is 0 Å². The summed E-state index contributed by atoms with van der Waals surface area (Å²) in [5.41, 5.74) is 1.30. The molecule has 2 saturated heterocycles. The molecule has 1 spiro atoms. The molecule has 0 bridgehead atoms. The Morgan fingerprint density at radius 2 is 2.00 bits per heavy atom. The minimum Gasteiger partial charge on any atom is -0.356 e. The lowest BCUT2D eigenvalue weighted by Gasteiger charge is -2.48. The first-order valence-electron chi connectivity index (χ1n) is 9.46. The van der Waals surface area contributed by atoms with E-state index in [1.54, 1.807) is 24.2 Å². The van der Waals surface area contributed by atoms with Gasteiger partial charge in [-0.15, -0.1) is 0 Å². The molecule has 2 aromatic rings. The van der Waals surface area contributed by atoms with Gasteiger partial charge in [-0.2, -0.15) is 0 Å². The number of carbonyl (C=O) groups excluding carboxylic acids is 1. The number of amides is 1. The van der Waals surface area contributed by atoms with E-state index in [1.165, 1.54) is 6.42 Å². The molecule has 7 heteroatoms. The second kappa shape index (κ2) is 7.84. The minimum absolute atomic E-state index is 0.156. The van der Waals surface area contributed by atoms with E-state index in [0.29, 0.717) is 13.0 Å². The SMILES string of the molecule is CSc1nccc(N2CCC[C@@]3(CCC(=O)N(Cc4ccncc4)C3)C2)n1. The van der Waals surface area contributed by atoms with Crippen LogP contribution in [-0.4, -0.2) is 51.6 Å². The van der Waals surface area contributed by atoms with Crippen LogP contribution in [0.4, 0.5) is 5.82 Å². The Kier molecular flexibility index (Phi) is 5.29. The van der Waals surface area contributed by atoms with Crippen molar-refractivity contribution < 1.29 is 4.79 Å². The zero-order valence-electron chi connectivity index (χ0n) is 15.7. The van der Waals surface area contributed by atoms with Gasteiger partial charge in [0, 0.05) is 56.6 Å². The predicted molar refractivity (Wildman–Crippen MR) is 107 cm³/mol. The molecule has 0 saturated carbocycles. The number of nitrogens with zero attached hydrogens (tertiary/aromatic N) is 5. The fraction of sp³-hybridized carbons (Fsp3) is 0.500. The van der Waals surface area contributed by atoms with Gasteiger partial charge in [-0.3, -0.25) is 9.78 Å². The van der Waals surface area contributed by atoms with E-state index in [9.17, 15) is 4.79 Å². The monoisotopic (exact) mass is 383 g/mol. The number of thioether (sulfide) groups is 1. The van der Waals surface area contributed by atoms with Crippen molar-refractivity contribution in [1.82, 2.24) is 19.9 Å². The third-order valence-electron chi connectivity index (χ3n) is 5.66. The first-order chi connectivity index (χ1) is 13.2. The fourth-order valence-corrected chi connectivity index (χ4v) is 4.65. The number of hydrogen-bond acceptors (Lipinski definition) is 6. The largest absolute Gasteiger partial charge is 0.356 e. The highest BCUT2D eigenvalue weighted by molar-refractivity contribution is 7.98. The lowest BCUT2D eigenvalue weighted by molar-refractivity contribution is -0.138. The van der Waals surface area contributed by atoms with Gasteiger partial charge in [-0.25, -0.2) is 9.97 Å². The summed E-state index contributed by atoms with van der Waals surface area (Å²) < 4.78 is 0. The van der Waals surface area contributed by atoms with Crippen LogP contribution >= 0.6 is 11.8 Å². The van der Waals surface area contributed by atoms with Gasteiger partial charge in [0.2, 0.25) is 5.91 Å². The minimum atomic E-state index is 0.156. The Hall–Kier alpha value is -2.15. The van der Waals surface area contributed by atoms with Crippen LogP contribution in [0.25, 0.3) is 0 Å². The van der Waals surface area contributed by atoms with Gasteiger partial charge in [0.1, 0.15) is 5.82 Å². The number of hydrogen-bond donors (Lipinski definition) is 0. The maximum absolute atomic E-state index is 12.5. The summed E-state index contributed by atoms with van der Waals surface area (Å²) in [5, 5.41) is 0.810. The number of carbonyl (C=O) groups is 1. The predicted octanol–water partition coefficient (Wildman–Crippen LogP) is 3.00. The summed E-state index contributed by atoms with van der Waals surface area (Å²) in [6, 6.07) is 5.99. The van der Waals surface area contributed by atoms with E-state index >= 15 is 0 Å². The van der Waals surface area contributed by atoms with Crippen LogP contribution in [0.15, 0.2) is 41.9 Å². The molecule has 0 unspecified atom stereocenters. The van der Waals surface area contributed by atoms with Gasteiger partial charge in [0.05, 0.1) is 0 Å². The molecular formula is C20H25N5OS. The molecular weight excluding hydrogens is 358 g/mol. The van der Waals surface area contributed by atoms with Crippen LogP contribution in [0.5, 0.6) is 0 Å². The fourth-order valence-electron chi connectivity index (χ4n) is 4.30. The molecule has 1 amide bonds. The quantitative estimate of drug-likeness (QED) is 0.597. The second-order valence-electron chi connectivity index (χ2n) is 7.53. The first kappa shape index (κ1) is 18.2. The molecule has 2 aliphatic heterocycles. The molecule has 0 aliphatic carbocycles. The normalized spacial score (nSPS) is 23.1. The summed E-state index contributed by atoms with van der Waals surface area (Å²) >= 11 is 1.57. The zero-order valence-corrected chi connectivity index (χ0v) is 16.5. The molecule has 2 aromatic heterocycles.